The van der Waals surface area contributed by atoms with Crippen molar-refractivity contribution in [1.82, 2.24) is 5.43 Å². The molecule has 4 N–H and O–H groups in total. The van der Waals surface area contributed by atoms with Gasteiger partial charge >= 0.3 is 12.0 Å². The molecule has 9 heteroatoms. The summed E-state index contributed by atoms with van der Waals surface area (Å²) in [5.41, 5.74) is 7.37. The number of nitrogens with one attached hydrogen (secondary N) is 1. The second-order valence-electron chi connectivity index (χ2n) is 3.45. The zero-order valence-electron chi connectivity index (χ0n) is 10.4. The van der Waals surface area contributed by atoms with Crippen LogP contribution in [-0.2, 0) is 4.79 Å². The Kier molecular flexibility index (Phi) is 5.60. The number of carbonyl (C=O) groups excluding carboxylic acids is 1. The Balaban J connectivity index is 2.97. The molecular weight excluding hydrogens is 290 g/mol. The van der Waals surface area contributed by atoms with Crippen molar-refractivity contribution in [2.45, 2.75) is 0 Å². The number of benzene rings is 1. The third-order valence-electron chi connectivity index (χ3n) is 1.98. The predicted molar refractivity (Wildman–Crippen MR) is 71.4 cm³/mol. The van der Waals surface area contributed by atoms with Crippen molar-refractivity contribution < 1.29 is 24.2 Å². The van der Waals surface area contributed by atoms with Crippen molar-refractivity contribution in [3.8, 4) is 11.5 Å². The van der Waals surface area contributed by atoms with Crippen LogP contribution in [0, 0.1) is 0 Å². The van der Waals surface area contributed by atoms with Crippen LogP contribution in [0.4, 0.5) is 4.79 Å². The van der Waals surface area contributed by atoms with E-state index in [-0.39, 0.29) is 16.5 Å². The van der Waals surface area contributed by atoms with Crippen molar-refractivity contribution in [1.29, 1.82) is 0 Å². The minimum atomic E-state index is -1.14. The van der Waals surface area contributed by atoms with Crippen molar-refractivity contribution in [3.05, 3.63) is 22.7 Å². The number of methoxy groups -OCH3 is 1. The molecular formula is C11H12ClN3O5. The van der Waals surface area contributed by atoms with Gasteiger partial charge in [0.15, 0.2) is 18.1 Å². The van der Waals surface area contributed by atoms with E-state index >= 15 is 0 Å². The highest BCUT2D eigenvalue weighted by Crippen LogP contribution is 2.35. The molecule has 0 fully saturated rings. The molecule has 1 rings (SSSR count). The lowest BCUT2D eigenvalue weighted by Gasteiger charge is -2.11. The molecule has 0 radical (unpaired) electrons. The summed E-state index contributed by atoms with van der Waals surface area (Å²) in [6.45, 7) is -0.549. The second-order valence-corrected chi connectivity index (χ2v) is 3.86. The van der Waals surface area contributed by atoms with Crippen LogP contribution in [0.25, 0.3) is 0 Å². The normalized spacial score (nSPS) is 10.3. The molecule has 0 spiro atoms. The fourth-order valence-electron chi connectivity index (χ4n) is 1.26. The molecule has 2 amide bonds. The van der Waals surface area contributed by atoms with Gasteiger partial charge in [-0.05, 0) is 17.7 Å². The number of carbonyl (C=O) groups is 2. The number of hydrazone groups is 1. The molecule has 0 heterocycles. The van der Waals surface area contributed by atoms with Crippen LogP contribution < -0.4 is 20.6 Å². The quantitative estimate of drug-likeness (QED) is 0.530. The van der Waals surface area contributed by atoms with Crippen LogP contribution in [-0.4, -0.2) is 37.0 Å². The van der Waals surface area contributed by atoms with Crippen molar-refractivity contribution >= 4 is 29.8 Å². The third-order valence-corrected chi connectivity index (χ3v) is 2.26. The number of nitrogens with zero attached hydrogens (tertiary/aromatic N) is 1. The molecule has 0 aromatic heterocycles. The molecule has 0 aliphatic rings. The van der Waals surface area contributed by atoms with E-state index < -0.39 is 18.6 Å². The Morgan fingerprint density at radius 2 is 2.25 bits per heavy atom. The first-order chi connectivity index (χ1) is 9.43. The van der Waals surface area contributed by atoms with Gasteiger partial charge in [-0.1, -0.05) is 11.6 Å². The van der Waals surface area contributed by atoms with Crippen LogP contribution in [0.5, 0.6) is 11.5 Å². The smallest absolute Gasteiger partial charge is 0.341 e. The summed E-state index contributed by atoms with van der Waals surface area (Å²) in [4.78, 5) is 20.9. The lowest BCUT2D eigenvalue weighted by molar-refractivity contribution is -0.139. The third kappa shape index (κ3) is 4.65. The average Bonchev–Trinajstić information content (AvgIpc) is 2.36. The number of rotatable bonds is 6. The highest BCUT2D eigenvalue weighted by atomic mass is 35.5. The van der Waals surface area contributed by atoms with Gasteiger partial charge in [0, 0.05) is 0 Å². The van der Waals surface area contributed by atoms with Gasteiger partial charge in [0.1, 0.15) is 0 Å². The minimum Gasteiger partial charge on any atom is -0.493 e. The van der Waals surface area contributed by atoms with Crippen molar-refractivity contribution in [3.63, 3.8) is 0 Å². The first kappa shape index (κ1) is 15.6. The maximum atomic E-state index is 10.5. The fraction of sp³-hybridized carbons (Fsp3) is 0.182. The van der Waals surface area contributed by atoms with Gasteiger partial charge in [0.25, 0.3) is 0 Å². The Bertz CT molecular complexity index is 547. The van der Waals surface area contributed by atoms with E-state index in [2.05, 4.69) is 5.10 Å². The molecule has 0 bridgehead atoms. The van der Waals surface area contributed by atoms with E-state index in [1.807, 2.05) is 5.43 Å². The number of hydrogen-bond acceptors (Lipinski definition) is 5. The number of carboxylic acids is 1. The molecule has 108 valence electrons. The molecule has 8 nitrogen and oxygen atoms in total. The Hall–Kier alpha value is -2.48. The van der Waals surface area contributed by atoms with Crippen LogP contribution in [0.2, 0.25) is 5.02 Å². The van der Waals surface area contributed by atoms with E-state index in [9.17, 15) is 9.59 Å². The number of nitrogens with two attached hydrogens (primary N) is 1. The number of halogens is 1. The van der Waals surface area contributed by atoms with Gasteiger partial charge in [-0.2, -0.15) is 5.10 Å². The number of carboxylic acid groups (broad SMARTS) is 1. The average molecular weight is 302 g/mol. The van der Waals surface area contributed by atoms with Gasteiger partial charge < -0.3 is 20.3 Å². The zero-order valence-corrected chi connectivity index (χ0v) is 11.2. The molecule has 0 aliphatic heterocycles. The summed E-state index contributed by atoms with van der Waals surface area (Å²) >= 11 is 5.97. The molecule has 0 aliphatic carbocycles. The molecule has 1 aromatic carbocycles. The van der Waals surface area contributed by atoms with E-state index in [0.717, 1.165) is 0 Å². The Morgan fingerprint density at radius 3 is 2.80 bits per heavy atom. The van der Waals surface area contributed by atoms with Crippen LogP contribution in [0.3, 0.4) is 0 Å². The molecule has 0 unspecified atom stereocenters. The Labute approximate surface area is 119 Å². The topological polar surface area (TPSA) is 123 Å². The Morgan fingerprint density at radius 1 is 1.55 bits per heavy atom. The van der Waals surface area contributed by atoms with Crippen LogP contribution >= 0.6 is 11.6 Å². The monoisotopic (exact) mass is 301 g/mol. The largest absolute Gasteiger partial charge is 0.493 e. The lowest BCUT2D eigenvalue weighted by atomic mass is 10.2. The maximum absolute atomic E-state index is 10.5. The molecule has 20 heavy (non-hydrogen) atoms. The second kappa shape index (κ2) is 7.19. The predicted octanol–water partition coefficient (Wildman–Crippen LogP) is 0.814. The van der Waals surface area contributed by atoms with Gasteiger partial charge in [-0.15, -0.1) is 0 Å². The number of ether oxygens (including phenoxy) is 2. The minimum absolute atomic E-state index is 0.108. The molecule has 0 atom stereocenters. The van der Waals surface area contributed by atoms with Gasteiger partial charge in [-0.25, -0.2) is 15.0 Å². The SMILES string of the molecule is COc1cc(/C=N/NC(N)=O)cc(Cl)c1OCC(=O)O. The summed E-state index contributed by atoms with van der Waals surface area (Å²) in [6.07, 6.45) is 1.29. The van der Waals surface area contributed by atoms with Gasteiger partial charge in [-0.3, -0.25) is 0 Å². The summed E-state index contributed by atoms with van der Waals surface area (Å²) in [5.74, 6) is -0.796. The highest BCUT2D eigenvalue weighted by molar-refractivity contribution is 6.32. The van der Waals surface area contributed by atoms with E-state index in [1.54, 1.807) is 0 Å². The summed E-state index contributed by atoms with van der Waals surface area (Å²) in [5, 5.41) is 12.3. The van der Waals surface area contributed by atoms with E-state index in [4.69, 9.17) is 31.9 Å². The van der Waals surface area contributed by atoms with E-state index in [0.29, 0.717) is 5.56 Å². The molecule has 1 aromatic rings. The lowest BCUT2D eigenvalue weighted by Crippen LogP contribution is -2.24. The van der Waals surface area contributed by atoms with Crippen LogP contribution in [0.15, 0.2) is 17.2 Å². The first-order valence-corrected chi connectivity index (χ1v) is 5.62. The van der Waals surface area contributed by atoms with Crippen molar-refractivity contribution in [2.24, 2.45) is 10.8 Å². The first-order valence-electron chi connectivity index (χ1n) is 5.24. The summed E-state index contributed by atoms with van der Waals surface area (Å²) in [6, 6.07) is 2.17. The fourth-order valence-corrected chi connectivity index (χ4v) is 1.53. The number of hydrogen-bond donors (Lipinski definition) is 3. The standard InChI is InChI=1S/C11H12ClN3O5/c1-19-8-3-6(4-14-15-11(13)18)2-7(12)10(8)20-5-9(16)17/h2-4H,5H2,1H3,(H,16,17)(H3,13,15,18)/b14-4+. The molecule has 0 saturated carbocycles. The van der Waals surface area contributed by atoms with Gasteiger partial charge in [0.05, 0.1) is 18.3 Å². The molecule has 0 saturated heterocycles. The van der Waals surface area contributed by atoms with Crippen LogP contribution in [0.1, 0.15) is 5.56 Å². The number of primary amides is 1. The van der Waals surface area contributed by atoms with E-state index in [1.165, 1.54) is 25.5 Å². The summed E-state index contributed by atoms with van der Waals surface area (Å²) < 4.78 is 10.1. The number of amides is 2. The number of urea groups is 1. The van der Waals surface area contributed by atoms with Gasteiger partial charge in [0.2, 0.25) is 0 Å². The number of aliphatic carboxylic acids is 1. The highest BCUT2D eigenvalue weighted by Gasteiger charge is 2.13. The summed E-state index contributed by atoms with van der Waals surface area (Å²) in [7, 11) is 1.38. The maximum Gasteiger partial charge on any atom is 0.341 e. The zero-order chi connectivity index (χ0) is 15.1. The van der Waals surface area contributed by atoms with Crippen molar-refractivity contribution in [2.75, 3.05) is 13.7 Å².